The Morgan fingerprint density at radius 3 is 1.51 bits per heavy atom. The Labute approximate surface area is 348 Å². The van der Waals surface area contributed by atoms with Gasteiger partial charge in [0, 0.05) is 6.54 Å². The smallest absolute Gasteiger partial charge is 0.343 e. The minimum atomic E-state index is -0.535. The standard InChI is InChI=1S/C52H81NO4/c1-5-8-11-14-18-23-28-43-34-33-42(27-22-13-10-7-3)46(29-24-19-15-12-9-6-2)47(43)30-25-20-16-17-21-26-39-53-50(54)48-38-35-44(40-49(48)51(53)55)52(56)57-45-36-31-41(4)32-37-45/h31-32,35-38,40,42-43,46-47H,5-30,33-34,39H2,1-4H3. The van der Waals surface area contributed by atoms with Gasteiger partial charge in [-0.15, -0.1) is 0 Å². The SMILES string of the molecule is CCCCCCCCC1CCC(CCCCCC)C(CCCCCCCC)C1CCCCCCCCN1C(=O)c2ccc(C(=O)Oc3ccc(C)cc3)cc2C1=O. The van der Waals surface area contributed by atoms with E-state index in [1.165, 1.54) is 171 Å². The molecule has 4 rings (SSSR count). The third kappa shape index (κ3) is 15.6. The van der Waals surface area contributed by atoms with Crippen LogP contribution in [-0.4, -0.2) is 29.2 Å². The van der Waals surface area contributed by atoms with Crippen molar-refractivity contribution in [1.29, 1.82) is 0 Å². The second-order valence-electron chi connectivity index (χ2n) is 18.0. The molecule has 5 heteroatoms. The summed E-state index contributed by atoms with van der Waals surface area (Å²) in [4.78, 5) is 40.7. The summed E-state index contributed by atoms with van der Waals surface area (Å²) in [6.45, 7) is 9.38. The van der Waals surface area contributed by atoms with Gasteiger partial charge in [-0.25, -0.2) is 4.79 Å². The van der Waals surface area contributed by atoms with Gasteiger partial charge in [0.05, 0.1) is 16.7 Å². The summed E-state index contributed by atoms with van der Waals surface area (Å²) in [5.41, 5.74) is 2.03. The molecule has 1 heterocycles. The number of benzene rings is 2. The van der Waals surface area contributed by atoms with E-state index in [9.17, 15) is 14.4 Å². The van der Waals surface area contributed by atoms with Crippen LogP contribution >= 0.6 is 0 Å². The van der Waals surface area contributed by atoms with Crippen LogP contribution in [0.3, 0.4) is 0 Å². The van der Waals surface area contributed by atoms with Crippen LogP contribution in [0.4, 0.5) is 0 Å². The van der Waals surface area contributed by atoms with Crippen LogP contribution in [-0.2, 0) is 0 Å². The average molecular weight is 784 g/mol. The first-order valence-electron chi connectivity index (χ1n) is 24.2. The Hall–Kier alpha value is -2.95. The third-order valence-electron chi connectivity index (χ3n) is 13.5. The molecule has 2 aromatic carbocycles. The van der Waals surface area contributed by atoms with Crippen LogP contribution < -0.4 is 4.74 Å². The summed E-state index contributed by atoms with van der Waals surface area (Å²) < 4.78 is 5.51. The van der Waals surface area contributed by atoms with Crippen LogP contribution in [0.1, 0.15) is 237 Å². The number of carbonyl (C=O) groups excluding carboxylic acids is 3. The molecule has 0 aromatic heterocycles. The maximum atomic E-state index is 13.3. The molecule has 0 bridgehead atoms. The van der Waals surface area contributed by atoms with Crippen molar-refractivity contribution in [2.45, 2.75) is 207 Å². The molecule has 2 amide bonds. The number of imide groups is 1. The number of nitrogens with zero attached hydrogens (tertiary/aromatic N) is 1. The molecule has 0 saturated heterocycles. The fourth-order valence-electron chi connectivity index (χ4n) is 10.1. The van der Waals surface area contributed by atoms with Crippen molar-refractivity contribution in [1.82, 2.24) is 4.90 Å². The Balaban J connectivity index is 1.24. The van der Waals surface area contributed by atoms with Gasteiger partial charge in [0.25, 0.3) is 11.8 Å². The van der Waals surface area contributed by atoms with E-state index in [2.05, 4.69) is 20.8 Å². The lowest BCUT2D eigenvalue weighted by Gasteiger charge is -2.44. The van der Waals surface area contributed by atoms with E-state index < -0.39 is 5.97 Å². The number of hydrogen-bond acceptors (Lipinski definition) is 4. The Kier molecular flexibility index (Phi) is 22.1. The molecule has 1 fully saturated rings. The second kappa shape index (κ2) is 26.9. The van der Waals surface area contributed by atoms with Gasteiger partial charge in [0.2, 0.25) is 0 Å². The van der Waals surface area contributed by atoms with Crippen LogP contribution in [0, 0.1) is 30.6 Å². The van der Waals surface area contributed by atoms with Crippen molar-refractivity contribution < 1.29 is 19.1 Å². The lowest BCUT2D eigenvalue weighted by molar-refractivity contribution is 0.0581. The number of fused-ring (bicyclic) bond motifs is 1. The number of carbonyl (C=O) groups is 3. The molecule has 1 saturated carbocycles. The minimum Gasteiger partial charge on any atom is -0.423 e. The van der Waals surface area contributed by atoms with Crippen molar-refractivity contribution in [3.05, 3.63) is 64.7 Å². The predicted molar refractivity (Wildman–Crippen MR) is 238 cm³/mol. The van der Waals surface area contributed by atoms with Gasteiger partial charge >= 0.3 is 5.97 Å². The molecule has 5 nitrogen and oxygen atoms in total. The van der Waals surface area contributed by atoms with Crippen molar-refractivity contribution >= 4 is 17.8 Å². The van der Waals surface area contributed by atoms with Crippen LogP contribution in [0.25, 0.3) is 0 Å². The molecule has 4 atom stereocenters. The largest absolute Gasteiger partial charge is 0.423 e. The summed E-state index contributed by atoms with van der Waals surface area (Å²) in [6, 6.07) is 12.0. The van der Waals surface area contributed by atoms with Gasteiger partial charge in [0.15, 0.2) is 0 Å². The Morgan fingerprint density at radius 1 is 0.544 bits per heavy atom. The molecule has 0 spiro atoms. The predicted octanol–water partition coefficient (Wildman–Crippen LogP) is 15.3. The maximum Gasteiger partial charge on any atom is 0.343 e. The molecular weight excluding hydrogens is 703 g/mol. The summed E-state index contributed by atoms with van der Waals surface area (Å²) in [5, 5.41) is 0. The highest BCUT2D eigenvalue weighted by Gasteiger charge is 2.38. The number of hydrogen-bond donors (Lipinski definition) is 0. The molecule has 2 aromatic rings. The number of aryl methyl sites for hydroxylation is 1. The van der Waals surface area contributed by atoms with Crippen LogP contribution in [0.15, 0.2) is 42.5 Å². The van der Waals surface area contributed by atoms with Crippen LogP contribution in [0.2, 0.25) is 0 Å². The van der Waals surface area contributed by atoms with Gasteiger partial charge < -0.3 is 4.74 Å². The number of rotatable bonds is 30. The zero-order valence-electron chi connectivity index (χ0n) is 36.9. The third-order valence-corrected chi connectivity index (χ3v) is 13.5. The first kappa shape index (κ1) is 46.7. The van der Waals surface area contributed by atoms with E-state index in [1.807, 2.05) is 19.1 Å². The molecule has 57 heavy (non-hydrogen) atoms. The number of unbranched alkanes of at least 4 members (excludes halogenated alkanes) is 18. The highest BCUT2D eigenvalue weighted by atomic mass is 16.5. The van der Waals surface area contributed by atoms with Gasteiger partial charge in [-0.3, -0.25) is 14.5 Å². The Morgan fingerprint density at radius 2 is 0.982 bits per heavy atom. The first-order chi connectivity index (χ1) is 27.9. The molecular formula is C52H81NO4. The zero-order chi connectivity index (χ0) is 40.7. The van der Waals surface area contributed by atoms with Crippen molar-refractivity contribution in [2.75, 3.05) is 6.54 Å². The molecule has 318 valence electrons. The van der Waals surface area contributed by atoms with E-state index in [0.29, 0.717) is 23.4 Å². The molecule has 0 N–H and O–H groups in total. The average Bonchev–Trinajstić information content (AvgIpc) is 3.45. The zero-order valence-corrected chi connectivity index (χ0v) is 36.9. The highest BCUT2D eigenvalue weighted by Crippen LogP contribution is 2.48. The monoisotopic (exact) mass is 784 g/mol. The maximum absolute atomic E-state index is 13.3. The number of esters is 1. The van der Waals surface area contributed by atoms with Gasteiger partial charge in [0.1, 0.15) is 5.75 Å². The normalized spacial score (nSPS) is 19.3. The summed E-state index contributed by atoms with van der Waals surface area (Å²) in [7, 11) is 0. The molecule has 4 unspecified atom stereocenters. The molecule has 0 radical (unpaired) electrons. The summed E-state index contributed by atoms with van der Waals surface area (Å²) in [6.07, 6.45) is 38.0. The van der Waals surface area contributed by atoms with Crippen LogP contribution in [0.5, 0.6) is 5.75 Å². The van der Waals surface area contributed by atoms with E-state index in [-0.39, 0.29) is 17.4 Å². The number of ether oxygens (including phenoxy) is 1. The fraction of sp³-hybridized carbons (Fsp3) is 0.712. The quantitative estimate of drug-likeness (QED) is 0.0343. The van der Waals surface area contributed by atoms with Crippen molar-refractivity contribution in [3.63, 3.8) is 0 Å². The van der Waals surface area contributed by atoms with Gasteiger partial charge in [-0.05, 0) is 93.0 Å². The van der Waals surface area contributed by atoms with Gasteiger partial charge in [-0.2, -0.15) is 0 Å². The lowest BCUT2D eigenvalue weighted by atomic mass is 9.61. The van der Waals surface area contributed by atoms with Crippen molar-refractivity contribution in [2.24, 2.45) is 23.7 Å². The Bertz CT molecular complexity index is 1450. The van der Waals surface area contributed by atoms with E-state index in [4.69, 9.17) is 4.74 Å². The van der Waals surface area contributed by atoms with E-state index in [0.717, 1.165) is 48.5 Å². The minimum absolute atomic E-state index is 0.254. The fourth-order valence-corrected chi connectivity index (χ4v) is 10.1. The topological polar surface area (TPSA) is 63.7 Å². The summed E-state index contributed by atoms with van der Waals surface area (Å²) in [5.74, 6) is 3.09. The molecule has 1 aliphatic heterocycles. The van der Waals surface area contributed by atoms with E-state index in [1.54, 1.807) is 24.3 Å². The first-order valence-corrected chi connectivity index (χ1v) is 24.2. The number of amides is 2. The van der Waals surface area contributed by atoms with E-state index >= 15 is 0 Å². The molecule has 1 aliphatic carbocycles. The lowest BCUT2D eigenvalue weighted by Crippen LogP contribution is -2.35. The van der Waals surface area contributed by atoms with Gasteiger partial charge in [-0.1, -0.05) is 186 Å². The summed E-state index contributed by atoms with van der Waals surface area (Å²) >= 11 is 0. The highest BCUT2D eigenvalue weighted by molar-refractivity contribution is 6.22. The second-order valence-corrected chi connectivity index (χ2v) is 18.0. The molecule has 2 aliphatic rings. The van der Waals surface area contributed by atoms with Crippen molar-refractivity contribution in [3.8, 4) is 5.75 Å².